The van der Waals surface area contributed by atoms with E-state index < -0.39 is 40.5 Å². The van der Waals surface area contributed by atoms with E-state index in [4.69, 9.17) is 9.79 Å². The number of benzene rings is 1. The molecule has 0 amide bonds. The molecule has 11 heteroatoms. The maximum Gasteiger partial charge on any atom is 0.416 e. The summed E-state index contributed by atoms with van der Waals surface area (Å²) in [4.78, 5) is 16.5. The number of alkyl halides is 3. The zero-order valence-electron chi connectivity index (χ0n) is 9.13. The Balaban J connectivity index is 2.95. The van der Waals surface area contributed by atoms with Crippen molar-refractivity contribution < 1.29 is 35.9 Å². The summed E-state index contributed by atoms with van der Waals surface area (Å²) in [5.74, 6) is 0. The molecule has 1 aromatic rings. The van der Waals surface area contributed by atoms with Crippen molar-refractivity contribution in [3.05, 3.63) is 29.8 Å². The minimum atomic E-state index is -4.60. The van der Waals surface area contributed by atoms with Crippen molar-refractivity contribution in [2.45, 2.75) is 11.1 Å². The molecule has 0 spiro atoms. The number of hydrogen-bond acceptors (Lipinski definition) is 3. The number of sulfonamides is 1. The third kappa shape index (κ3) is 4.92. The molecular formula is C8H9F3NO5PS. The molecule has 0 aliphatic rings. The van der Waals surface area contributed by atoms with Crippen LogP contribution in [0.3, 0.4) is 0 Å². The zero-order valence-corrected chi connectivity index (χ0v) is 10.8. The van der Waals surface area contributed by atoms with Crippen LogP contribution in [0.2, 0.25) is 0 Å². The van der Waals surface area contributed by atoms with Gasteiger partial charge in [0.25, 0.3) is 0 Å². The highest BCUT2D eigenvalue weighted by Gasteiger charge is 2.30. The first kappa shape index (κ1) is 16.1. The summed E-state index contributed by atoms with van der Waals surface area (Å²) < 4.78 is 71.9. The summed E-state index contributed by atoms with van der Waals surface area (Å²) in [5, 5.41) is 0. The molecule has 108 valence electrons. The van der Waals surface area contributed by atoms with Gasteiger partial charge in [-0.15, -0.1) is 0 Å². The molecule has 0 atom stereocenters. The number of halogens is 3. The largest absolute Gasteiger partial charge is 0.416 e. The van der Waals surface area contributed by atoms with Crippen LogP contribution in [0.1, 0.15) is 5.56 Å². The molecule has 0 unspecified atom stereocenters. The van der Waals surface area contributed by atoms with E-state index in [2.05, 4.69) is 0 Å². The molecular weight excluding hydrogens is 310 g/mol. The Bertz CT molecular complexity index is 592. The summed E-state index contributed by atoms with van der Waals surface area (Å²) in [6.45, 7) is 0. The topological polar surface area (TPSA) is 104 Å². The predicted molar refractivity (Wildman–Crippen MR) is 58.7 cm³/mol. The lowest BCUT2D eigenvalue weighted by molar-refractivity contribution is -0.137. The van der Waals surface area contributed by atoms with Crippen LogP contribution in [0.15, 0.2) is 29.2 Å². The molecule has 1 rings (SSSR count). The Labute approximate surface area is 106 Å². The van der Waals surface area contributed by atoms with Crippen molar-refractivity contribution in [1.29, 1.82) is 0 Å². The third-order valence-corrected chi connectivity index (χ3v) is 4.15. The van der Waals surface area contributed by atoms with Gasteiger partial charge in [-0.2, -0.15) is 17.9 Å². The second-order valence-corrected chi connectivity index (χ2v) is 6.91. The highest BCUT2D eigenvalue weighted by atomic mass is 32.2. The SMILES string of the molecule is O=P(O)(O)CNS(=O)(=O)c1ccc(C(F)(F)F)cc1. The lowest BCUT2D eigenvalue weighted by Gasteiger charge is -2.09. The summed E-state index contributed by atoms with van der Waals surface area (Å²) >= 11 is 0. The minimum Gasteiger partial charge on any atom is -0.324 e. The molecule has 0 heterocycles. The van der Waals surface area contributed by atoms with E-state index in [0.29, 0.717) is 24.3 Å². The van der Waals surface area contributed by atoms with Crippen LogP contribution in [-0.4, -0.2) is 24.5 Å². The molecule has 0 aliphatic carbocycles. The number of hydrogen-bond donors (Lipinski definition) is 3. The van der Waals surface area contributed by atoms with Crippen LogP contribution in [-0.2, 0) is 20.8 Å². The Kier molecular flexibility index (Phi) is 4.43. The second kappa shape index (κ2) is 5.22. The van der Waals surface area contributed by atoms with Crippen molar-refractivity contribution in [1.82, 2.24) is 4.72 Å². The fourth-order valence-electron chi connectivity index (χ4n) is 1.08. The molecule has 19 heavy (non-hydrogen) atoms. The molecule has 0 aromatic heterocycles. The Morgan fingerprint density at radius 3 is 2.00 bits per heavy atom. The normalized spacial score (nSPS) is 13.5. The lowest BCUT2D eigenvalue weighted by atomic mass is 10.2. The van der Waals surface area contributed by atoms with E-state index in [1.165, 1.54) is 0 Å². The maximum atomic E-state index is 12.3. The van der Waals surface area contributed by atoms with Gasteiger partial charge in [0.15, 0.2) is 0 Å². The number of nitrogens with one attached hydrogen (secondary N) is 1. The molecule has 0 saturated carbocycles. The highest BCUT2D eigenvalue weighted by molar-refractivity contribution is 7.89. The molecule has 1 aromatic carbocycles. The fraction of sp³-hybridized carbons (Fsp3) is 0.250. The van der Waals surface area contributed by atoms with E-state index in [0.717, 1.165) is 0 Å². The quantitative estimate of drug-likeness (QED) is 0.722. The molecule has 0 radical (unpaired) electrons. The molecule has 6 nitrogen and oxygen atoms in total. The predicted octanol–water partition coefficient (Wildman–Crippen LogP) is 1.12. The standard InChI is InChI=1S/C8H9F3NO5PS/c9-8(10,11)6-1-3-7(4-2-6)19(16,17)12-5-18(13,14)15/h1-4,12H,5H2,(H2,13,14,15). The lowest BCUT2D eigenvalue weighted by Crippen LogP contribution is -2.24. The molecule has 0 aliphatic heterocycles. The minimum absolute atomic E-state index is 0.519. The van der Waals surface area contributed by atoms with Crippen molar-refractivity contribution in [2.24, 2.45) is 0 Å². The van der Waals surface area contributed by atoms with Crippen LogP contribution in [0.25, 0.3) is 0 Å². The van der Waals surface area contributed by atoms with Crippen LogP contribution in [0.4, 0.5) is 13.2 Å². The molecule has 0 fully saturated rings. The first-order valence-corrected chi connectivity index (χ1v) is 7.91. The average Bonchev–Trinajstić information content (AvgIpc) is 2.25. The smallest absolute Gasteiger partial charge is 0.324 e. The van der Waals surface area contributed by atoms with E-state index in [9.17, 15) is 26.2 Å². The van der Waals surface area contributed by atoms with Gasteiger partial charge in [0, 0.05) is 0 Å². The van der Waals surface area contributed by atoms with Crippen molar-refractivity contribution in [3.8, 4) is 0 Å². The maximum absolute atomic E-state index is 12.3. The first-order chi connectivity index (χ1) is 8.42. The van der Waals surface area contributed by atoms with Gasteiger partial charge in [-0.3, -0.25) is 4.57 Å². The number of rotatable bonds is 4. The van der Waals surface area contributed by atoms with Gasteiger partial charge >= 0.3 is 13.8 Å². The first-order valence-electron chi connectivity index (χ1n) is 4.63. The van der Waals surface area contributed by atoms with E-state index in [1.807, 2.05) is 0 Å². The van der Waals surface area contributed by atoms with Crippen LogP contribution >= 0.6 is 7.60 Å². The van der Waals surface area contributed by atoms with Gasteiger partial charge in [-0.1, -0.05) is 0 Å². The van der Waals surface area contributed by atoms with Gasteiger partial charge < -0.3 is 9.79 Å². The van der Waals surface area contributed by atoms with E-state index >= 15 is 0 Å². The Morgan fingerprint density at radius 1 is 1.16 bits per heavy atom. The van der Waals surface area contributed by atoms with Crippen molar-refractivity contribution in [2.75, 3.05) is 6.29 Å². The van der Waals surface area contributed by atoms with E-state index in [-0.39, 0.29) is 0 Å². The zero-order chi connectivity index (χ0) is 14.9. The van der Waals surface area contributed by atoms with Crippen molar-refractivity contribution in [3.63, 3.8) is 0 Å². The summed E-state index contributed by atoms with van der Waals surface area (Å²) in [6, 6.07) is 2.52. The summed E-state index contributed by atoms with van der Waals surface area (Å²) in [7, 11) is -8.85. The van der Waals surface area contributed by atoms with Crippen LogP contribution in [0.5, 0.6) is 0 Å². The highest BCUT2D eigenvalue weighted by Crippen LogP contribution is 2.33. The van der Waals surface area contributed by atoms with Crippen LogP contribution < -0.4 is 4.72 Å². The molecule has 3 N–H and O–H groups in total. The van der Waals surface area contributed by atoms with Gasteiger partial charge in [0.2, 0.25) is 10.0 Å². The van der Waals surface area contributed by atoms with Gasteiger partial charge in [-0.05, 0) is 24.3 Å². The van der Waals surface area contributed by atoms with Gasteiger partial charge in [-0.25, -0.2) is 8.42 Å². The van der Waals surface area contributed by atoms with Crippen LogP contribution in [0, 0.1) is 0 Å². The molecule has 0 bridgehead atoms. The monoisotopic (exact) mass is 319 g/mol. The van der Waals surface area contributed by atoms with Crippen molar-refractivity contribution >= 4 is 17.6 Å². The Hall–Kier alpha value is -0.930. The molecule has 0 saturated heterocycles. The summed E-state index contributed by atoms with van der Waals surface area (Å²) in [6.07, 6.45) is -5.72. The summed E-state index contributed by atoms with van der Waals surface area (Å²) in [5.41, 5.74) is -1.03. The fourth-order valence-corrected chi connectivity index (χ4v) is 3.09. The second-order valence-electron chi connectivity index (χ2n) is 3.49. The van der Waals surface area contributed by atoms with Gasteiger partial charge in [0.1, 0.15) is 6.29 Å². The van der Waals surface area contributed by atoms with E-state index in [1.54, 1.807) is 4.72 Å². The third-order valence-electron chi connectivity index (χ3n) is 1.95. The Morgan fingerprint density at radius 2 is 1.63 bits per heavy atom. The average molecular weight is 319 g/mol. The van der Waals surface area contributed by atoms with Gasteiger partial charge in [0.05, 0.1) is 10.5 Å².